The Labute approximate surface area is 126 Å². The second-order valence-electron chi connectivity index (χ2n) is 4.32. The Morgan fingerprint density at radius 2 is 1.89 bits per heavy atom. The molecule has 0 bridgehead atoms. The highest BCUT2D eigenvalue weighted by atomic mass is 79.9. The number of benzene rings is 2. The summed E-state index contributed by atoms with van der Waals surface area (Å²) in [4.78, 5) is 0. The van der Waals surface area contributed by atoms with Gasteiger partial charge >= 0.3 is 0 Å². The zero-order valence-electron chi connectivity index (χ0n) is 10.6. The van der Waals surface area contributed by atoms with E-state index < -0.39 is 0 Å². The first kappa shape index (κ1) is 14.4. The van der Waals surface area contributed by atoms with Gasteiger partial charge in [-0.3, -0.25) is 0 Å². The molecular weight excluding hydrogens is 326 g/mol. The molecule has 0 saturated carbocycles. The van der Waals surface area contributed by atoms with Crippen molar-refractivity contribution in [3.05, 3.63) is 63.1 Å². The summed E-state index contributed by atoms with van der Waals surface area (Å²) in [5.41, 5.74) is 8.43. The van der Waals surface area contributed by atoms with Crippen molar-refractivity contribution < 1.29 is 4.74 Å². The Morgan fingerprint density at radius 1 is 1.21 bits per heavy atom. The Morgan fingerprint density at radius 3 is 2.53 bits per heavy atom. The van der Waals surface area contributed by atoms with Crippen molar-refractivity contribution in [1.82, 2.24) is 0 Å². The van der Waals surface area contributed by atoms with Crippen LogP contribution in [0.5, 0.6) is 5.75 Å². The van der Waals surface area contributed by atoms with E-state index in [1.54, 1.807) is 7.11 Å². The Kier molecular flexibility index (Phi) is 4.86. The molecule has 0 radical (unpaired) electrons. The smallest absolute Gasteiger partial charge is 0.119 e. The lowest BCUT2D eigenvalue weighted by atomic mass is 10.00. The van der Waals surface area contributed by atoms with Gasteiger partial charge < -0.3 is 10.5 Å². The number of hydrogen-bond donors (Lipinski definition) is 1. The molecule has 0 saturated heterocycles. The Balaban J connectivity index is 2.18. The van der Waals surface area contributed by atoms with Crippen LogP contribution in [-0.2, 0) is 6.42 Å². The summed E-state index contributed by atoms with van der Waals surface area (Å²) >= 11 is 9.42. The van der Waals surface area contributed by atoms with E-state index in [-0.39, 0.29) is 6.04 Å². The molecule has 2 N–H and O–H groups in total. The molecular formula is C15H15BrClNO. The van der Waals surface area contributed by atoms with Gasteiger partial charge in [0.1, 0.15) is 5.75 Å². The molecule has 1 atom stereocenters. The minimum Gasteiger partial charge on any atom is -0.497 e. The fourth-order valence-corrected chi connectivity index (χ4v) is 2.43. The van der Waals surface area contributed by atoms with Crippen LogP contribution in [-0.4, -0.2) is 7.11 Å². The van der Waals surface area contributed by atoms with E-state index in [1.807, 2.05) is 42.5 Å². The normalized spacial score (nSPS) is 12.2. The number of nitrogens with two attached hydrogens (primary N) is 1. The molecule has 0 spiro atoms. The Hall–Kier alpha value is -1.03. The topological polar surface area (TPSA) is 35.2 Å². The molecule has 0 aliphatic rings. The van der Waals surface area contributed by atoms with Gasteiger partial charge in [-0.1, -0.05) is 39.7 Å². The predicted octanol–water partition coefficient (Wildman–Crippen LogP) is 4.35. The van der Waals surface area contributed by atoms with Crippen molar-refractivity contribution in [3.8, 4) is 5.75 Å². The SMILES string of the molecule is COc1ccc(Br)c(CC(N)c2ccc(Cl)cc2)c1. The standard InChI is InChI=1S/C15H15BrClNO/c1-19-13-6-7-14(16)11(8-13)9-15(18)10-2-4-12(17)5-3-10/h2-8,15H,9,18H2,1H3. The molecule has 0 amide bonds. The van der Waals surface area contributed by atoms with Crippen LogP contribution >= 0.6 is 27.5 Å². The molecule has 0 heterocycles. The molecule has 1 unspecified atom stereocenters. The summed E-state index contributed by atoms with van der Waals surface area (Å²) in [5.74, 6) is 0.835. The molecule has 4 heteroatoms. The maximum absolute atomic E-state index is 6.23. The first-order valence-electron chi connectivity index (χ1n) is 5.93. The molecule has 2 aromatic carbocycles. The van der Waals surface area contributed by atoms with E-state index >= 15 is 0 Å². The maximum atomic E-state index is 6.23. The minimum atomic E-state index is -0.0688. The second-order valence-corrected chi connectivity index (χ2v) is 5.61. The van der Waals surface area contributed by atoms with Crippen molar-refractivity contribution in [2.24, 2.45) is 5.73 Å². The van der Waals surface area contributed by atoms with Gasteiger partial charge in [-0.25, -0.2) is 0 Å². The fourth-order valence-electron chi connectivity index (χ4n) is 1.90. The third kappa shape index (κ3) is 3.72. The van der Waals surface area contributed by atoms with E-state index in [2.05, 4.69) is 15.9 Å². The second kappa shape index (κ2) is 6.42. The van der Waals surface area contributed by atoms with Crippen LogP contribution < -0.4 is 10.5 Å². The molecule has 100 valence electrons. The van der Waals surface area contributed by atoms with E-state index in [0.717, 1.165) is 32.8 Å². The molecule has 0 fully saturated rings. The highest BCUT2D eigenvalue weighted by molar-refractivity contribution is 9.10. The largest absolute Gasteiger partial charge is 0.497 e. The van der Waals surface area contributed by atoms with Crippen LogP contribution in [0.2, 0.25) is 5.02 Å². The van der Waals surface area contributed by atoms with E-state index in [9.17, 15) is 0 Å². The fraction of sp³-hybridized carbons (Fsp3) is 0.200. The van der Waals surface area contributed by atoms with Crippen molar-refractivity contribution in [1.29, 1.82) is 0 Å². The molecule has 0 aliphatic carbocycles. The zero-order valence-corrected chi connectivity index (χ0v) is 12.9. The summed E-state index contributed by atoms with van der Waals surface area (Å²) in [7, 11) is 1.66. The molecule has 19 heavy (non-hydrogen) atoms. The summed E-state index contributed by atoms with van der Waals surface area (Å²) in [5, 5.41) is 0.721. The molecule has 0 aromatic heterocycles. The van der Waals surface area contributed by atoms with Crippen molar-refractivity contribution in [2.75, 3.05) is 7.11 Å². The van der Waals surface area contributed by atoms with Gasteiger partial charge in [0.25, 0.3) is 0 Å². The van der Waals surface area contributed by atoms with Crippen LogP contribution in [0.1, 0.15) is 17.2 Å². The van der Waals surface area contributed by atoms with Gasteiger partial charge in [0.2, 0.25) is 0 Å². The molecule has 2 aromatic rings. The van der Waals surface area contributed by atoms with Crippen molar-refractivity contribution in [3.63, 3.8) is 0 Å². The Bertz CT molecular complexity index is 557. The van der Waals surface area contributed by atoms with Gasteiger partial charge in [0, 0.05) is 15.5 Å². The molecule has 2 nitrogen and oxygen atoms in total. The van der Waals surface area contributed by atoms with Crippen LogP contribution in [0, 0.1) is 0 Å². The quantitative estimate of drug-likeness (QED) is 0.898. The van der Waals surface area contributed by atoms with E-state index in [0.29, 0.717) is 0 Å². The average Bonchev–Trinajstić information content (AvgIpc) is 2.42. The van der Waals surface area contributed by atoms with Crippen molar-refractivity contribution >= 4 is 27.5 Å². The van der Waals surface area contributed by atoms with Crippen LogP contribution in [0.3, 0.4) is 0 Å². The number of halogens is 2. The lowest BCUT2D eigenvalue weighted by Crippen LogP contribution is -2.13. The highest BCUT2D eigenvalue weighted by Gasteiger charge is 2.10. The summed E-state index contributed by atoms with van der Waals surface area (Å²) in [6.45, 7) is 0. The summed E-state index contributed by atoms with van der Waals surface area (Å²) in [6.07, 6.45) is 0.736. The lowest BCUT2D eigenvalue weighted by molar-refractivity contribution is 0.414. The van der Waals surface area contributed by atoms with Gasteiger partial charge in [-0.05, 0) is 47.9 Å². The minimum absolute atomic E-state index is 0.0688. The summed E-state index contributed by atoms with van der Waals surface area (Å²) < 4.78 is 6.27. The highest BCUT2D eigenvalue weighted by Crippen LogP contribution is 2.26. The number of hydrogen-bond acceptors (Lipinski definition) is 2. The summed E-state index contributed by atoms with van der Waals surface area (Å²) in [6, 6.07) is 13.5. The third-order valence-corrected chi connectivity index (χ3v) is 4.02. The lowest BCUT2D eigenvalue weighted by Gasteiger charge is -2.14. The maximum Gasteiger partial charge on any atom is 0.119 e. The van der Waals surface area contributed by atoms with Gasteiger partial charge in [0.15, 0.2) is 0 Å². The number of ether oxygens (including phenoxy) is 1. The molecule has 2 rings (SSSR count). The first-order valence-corrected chi connectivity index (χ1v) is 7.10. The predicted molar refractivity (Wildman–Crippen MR) is 82.8 cm³/mol. The van der Waals surface area contributed by atoms with E-state index in [4.69, 9.17) is 22.1 Å². The van der Waals surface area contributed by atoms with Crippen molar-refractivity contribution in [2.45, 2.75) is 12.5 Å². The third-order valence-electron chi connectivity index (χ3n) is 2.99. The molecule has 0 aliphatic heterocycles. The number of methoxy groups -OCH3 is 1. The van der Waals surface area contributed by atoms with Crippen LogP contribution in [0.15, 0.2) is 46.9 Å². The van der Waals surface area contributed by atoms with Gasteiger partial charge in [0.05, 0.1) is 7.11 Å². The van der Waals surface area contributed by atoms with E-state index in [1.165, 1.54) is 0 Å². The average molecular weight is 341 g/mol. The number of rotatable bonds is 4. The first-order chi connectivity index (χ1) is 9.10. The van der Waals surface area contributed by atoms with Gasteiger partial charge in [-0.2, -0.15) is 0 Å². The monoisotopic (exact) mass is 339 g/mol. The zero-order chi connectivity index (χ0) is 13.8. The van der Waals surface area contributed by atoms with Crippen LogP contribution in [0.25, 0.3) is 0 Å². The van der Waals surface area contributed by atoms with Gasteiger partial charge in [-0.15, -0.1) is 0 Å². The van der Waals surface area contributed by atoms with Crippen LogP contribution in [0.4, 0.5) is 0 Å².